The topological polar surface area (TPSA) is 27.7 Å². The summed E-state index contributed by atoms with van der Waals surface area (Å²) in [7, 11) is 0. The summed E-state index contributed by atoms with van der Waals surface area (Å²) < 4.78 is 237. The minimum absolute atomic E-state index is 0.0602. The third-order valence-electron chi connectivity index (χ3n) is 4.75. The van der Waals surface area contributed by atoms with Crippen molar-refractivity contribution in [2.75, 3.05) is 13.2 Å². The minimum Gasteiger partial charge on any atom is -0.377 e. The highest BCUT2D eigenvalue weighted by molar-refractivity contribution is 4.98. The molecule has 0 rings (SSSR count). The van der Waals surface area contributed by atoms with Gasteiger partial charge in [-0.2, -0.15) is 61.5 Å². The highest BCUT2D eigenvalue weighted by Crippen LogP contribution is 2.50. The Morgan fingerprint density at radius 2 is 0.902 bits per heavy atom. The molecule has 3 nitrogen and oxygen atoms in total. The van der Waals surface area contributed by atoms with E-state index in [1.165, 1.54) is 0 Å². The van der Waals surface area contributed by atoms with Crippen molar-refractivity contribution in [2.45, 2.75) is 82.2 Å². The van der Waals surface area contributed by atoms with Gasteiger partial charge in [-0.1, -0.05) is 20.1 Å². The van der Waals surface area contributed by atoms with Crippen LogP contribution in [0.25, 0.3) is 0 Å². The van der Waals surface area contributed by atoms with Gasteiger partial charge >= 0.3 is 36.8 Å². The van der Waals surface area contributed by atoms with Gasteiger partial charge in [0.1, 0.15) is 0 Å². The van der Waals surface area contributed by atoms with Crippen molar-refractivity contribution in [3.8, 4) is 0 Å². The van der Waals surface area contributed by atoms with E-state index < -0.39 is 84.8 Å². The molecule has 2 atom stereocenters. The van der Waals surface area contributed by atoms with Crippen LogP contribution in [0.4, 0.5) is 79.0 Å². The molecule has 0 aliphatic rings. The average Bonchev–Trinajstić information content (AvgIpc) is 2.69. The molecule has 0 aliphatic carbocycles. The van der Waals surface area contributed by atoms with Gasteiger partial charge in [-0.05, 0) is 27.2 Å². The van der Waals surface area contributed by atoms with E-state index >= 15 is 0 Å². The van der Waals surface area contributed by atoms with Crippen LogP contribution in [0.2, 0.25) is 0 Å². The Hall–Kier alpha value is -1.90. The van der Waals surface area contributed by atoms with E-state index in [1.54, 1.807) is 0 Å². The van der Waals surface area contributed by atoms with Crippen LogP contribution < -0.4 is 0 Å². The Morgan fingerprint density at radius 1 is 0.561 bits per heavy atom. The predicted octanol–water partition coefficient (Wildman–Crippen LogP) is 9.36. The Morgan fingerprint density at radius 3 is 1.17 bits per heavy atom. The second-order valence-electron chi connectivity index (χ2n) is 8.81. The summed E-state index contributed by atoms with van der Waals surface area (Å²) in [4.78, 5) is 0. The molecule has 41 heavy (non-hydrogen) atoms. The Balaban J connectivity index is 0. The molecule has 0 saturated carbocycles. The van der Waals surface area contributed by atoms with E-state index in [0.717, 1.165) is 0 Å². The highest BCUT2D eigenvalue weighted by Gasteiger charge is 2.73. The summed E-state index contributed by atoms with van der Waals surface area (Å²) in [5, 5.41) is 0. The molecule has 0 heterocycles. The maximum Gasteiger partial charge on any atom is 0.431 e. The third-order valence-corrected chi connectivity index (χ3v) is 4.75. The molecule has 0 bridgehead atoms. The maximum atomic E-state index is 13.8. The first kappa shape index (κ1) is 41.2. The number of ether oxygens (including phenoxy) is 3. The fourth-order valence-electron chi connectivity index (χ4n) is 1.85. The standard InChI is InChI=1S/C12H15F9O2.C8H7F9O/c1-7(13)10(15,16)23-12(20,21)9(4,14)6-22-5-8(2,3)11(17,18)19;1-3-5(10,7(13,14)15)8(16,17)18-6(11,12)4(2)9/h1,5-6H2,2-4H3;2-3H2,1H3. The molecule has 0 aromatic rings. The molecule has 0 aliphatic heterocycles. The fourth-order valence-corrected chi connectivity index (χ4v) is 1.85. The van der Waals surface area contributed by atoms with Gasteiger partial charge in [0.05, 0.1) is 18.6 Å². The van der Waals surface area contributed by atoms with Crippen LogP contribution in [0.15, 0.2) is 24.8 Å². The average molecular weight is 652 g/mol. The second kappa shape index (κ2) is 12.8. The van der Waals surface area contributed by atoms with Gasteiger partial charge in [-0.25, -0.2) is 27.0 Å². The molecule has 0 aromatic carbocycles. The van der Waals surface area contributed by atoms with E-state index in [2.05, 4.69) is 20.8 Å². The Bertz CT molecular complexity index is 891. The second-order valence-corrected chi connectivity index (χ2v) is 8.81. The first-order chi connectivity index (χ1) is 17.6. The van der Waals surface area contributed by atoms with Gasteiger partial charge in [0.2, 0.25) is 5.67 Å². The van der Waals surface area contributed by atoms with Crippen LogP contribution in [0.3, 0.4) is 0 Å². The summed E-state index contributed by atoms with van der Waals surface area (Å²) in [5.41, 5.74) is -11.8. The molecule has 0 amide bonds. The summed E-state index contributed by atoms with van der Waals surface area (Å²) in [6.45, 7) is 2.78. The normalized spacial score (nSPS) is 17.2. The van der Waals surface area contributed by atoms with Gasteiger partial charge in [-0.15, -0.1) is 0 Å². The van der Waals surface area contributed by atoms with E-state index in [-0.39, 0.29) is 6.92 Å². The zero-order chi connectivity index (χ0) is 33.9. The van der Waals surface area contributed by atoms with Crippen molar-refractivity contribution >= 4 is 0 Å². The monoisotopic (exact) mass is 652 g/mol. The van der Waals surface area contributed by atoms with Gasteiger partial charge in [0.25, 0.3) is 5.67 Å². The van der Waals surface area contributed by atoms with Crippen molar-refractivity contribution in [3.63, 3.8) is 0 Å². The van der Waals surface area contributed by atoms with Crippen molar-refractivity contribution < 1.29 is 93.2 Å². The Labute approximate surface area is 220 Å². The number of alkyl halides is 16. The Kier molecular flexibility index (Phi) is 12.8. The lowest BCUT2D eigenvalue weighted by Crippen LogP contribution is -2.58. The first-order valence-corrected chi connectivity index (χ1v) is 10.3. The zero-order valence-corrected chi connectivity index (χ0v) is 21.1. The predicted molar refractivity (Wildman–Crippen MR) is 103 cm³/mol. The van der Waals surface area contributed by atoms with Crippen LogP contribution in [-0.2, 0) is 14.2 Å². The molecule has 0 saturated heterocycles. The van der Waals surface area contributed by atoms with Crippen molar-refractivity contribution in [1.29, 1.82) is 0 Å². The minimum atomic E-state index is -6.18. The number of hydrogen-bond acceptors (Lipinski definition) is 3. The summed E-state index contributed by atoms with van der Waals surface area (Å²) in [5.74, 6) is -5.37. The first-order valence-electron chi connectivity index (χ1n) is 10.3. The SMILES string of the molecule is C=C(F)C(F)(F)OC(F)(F)C(C)(F)COCC(C)(C)C(F)(F)F.C=C(F)C(F)(F)OC(F)(F)C(F)(CC)C(F)(F)F. The molecule has 246 valence electrons. The molecule has 21 heteroatoms. The maximum absolute atomic E-state index is 13.8. The van der Waals surface area contributed by atoms with Crippen LogP contribution >= 0.6 is 0 Å². The molecular weight excluding hydrogens is 630 g/mol. The lowest BCUT2D eigenvalue weighted by Gasteiger charge is -2.34. The molecule has 2 unspecified atom stereocenters. The quantitative estimate of drug-likeness (QED) is 0.186. The van der Waals surface area contributed by atoms with Crippen LogP contribution in [-0.4, -0.2) is 61.3 Å². The van der Waals surface area contributed by atoms with Crippen molar-refractivity contribution in [2.24, 2.45) is 5.41 Å². The van der Waals surface area contributed by atoms with E-state index in [4.69, 9.17) is 0 Å². The number of halogens is 18. The van der Waals surface area contributed by atoms with E-state index in [0.29, 0.717) is 20.8 Å². The van der Waals surface area contributed by atoms with Crippen LogP contribution in [0.1, 0.15) is 34.1 Å². The van der Waals surface area contributed by atoms with Gasteiger partial charge in [0.15, 0.2) is 11.7 Å². The molecule has 0 fully saturated rings. The zero-order valence-electron chi connectivity index (χ0n) is 21.1. The summed E-state index contributed by atoms with van der Waals surface area (Å²) >= 11 is 0. The largest absolute Gasteiger partial charge is 0.431 e. The van der Waals surface area contributed by atoms with Gasteiger partial charge in [0, 0.05) is 0 Å². The third kappa shape index (κ3) is 10.4. The van der Waals surface area contributed by atoms with Crippen molar-refractivity contribution in [3.05, 3.63) is 24.8 Å². The van der Waals surface area contributed by atoms with Crippen LogP contribution in [0, 0.1) is 5.41 Å². The number of hydrogen-bond donors (Lipinski definition) is 0. The van der Waals surface area contributed by atoms with E-state index in [9.17, 15) is 79.0 Å². The van der Waals surface area contributed by atoms with E-state index in [1.807, 2.05) is 6.58 Å². The highest BCUT2D eigenvalue weighted by atomic mass is 19.4. The van der Waals surface area contributed by atoms with Gasteiger partial charge in [-0.3, -0.25) is 0 Å². The summed E-state index contributed by atoms with van der Waals surface area (Å²) in [6, 6.07) is 0. The van der Waals surface area contributed by atoms with Crippen LogP contribution in [0.5, 0.6) is 0 Å². The molecule has 0 spiro atoms. The fraction of sp³-hybridized carbons (Fsp3) is 0.800. The molecule has 0 N–H and O–H groups in total. The smallest absolute Gasteiger partial charge is 0.377 e. The van der Waals surface area contributed by atoms with Crippen molar-refractivity contribution in [1.82, 2.24) is 0 Å². The lowest BCUT2D eigenvalue weighted by molar-refractivity contribution is -0.438. The molecule has 0 radical (unpaired) electrons. The van der Waals surface area contributed by atoms with Gasteiger partial charge < -0.3 is 4.74 Å². The number of rotatable bonds is 13. The lowest BCUT2D eigenvalue weighted by atomic mass is 9.94. The molecule has 0 aromatic heterocycles. The summed E-state index contributed by atoms with van der Waals surface area (Å²) in [6.07, 6.45) is -34.7. The molecular formula is C20H22F18O3.